The number of nitrogens with zero attached hydrogens (tertiary/aromatic N) is 2. The molecule has 7 heteroatoms. The van der Waals surface area contributed by atoms with Gasteiger partial charge in [-0.1, -0.05) is 30.3 Å². The summed E-state index contributed by atoms with van der Waals surface area (Å²) < 4.78 is 1.72. The van der Waals surface area contributed by atoms with E-state index in [9.17, 15) is 9.59 Å². The molecule has 0 radical (unpaired) electrons. The van der Waals surface area contributed by atoms with Gasteiger partial charge >= 0.3 is 12.0 Å². The van der Waals surface area contributed by atoms with Crippen LogP contribution in [0.3, 0.4) is 0 Å². The molecule has 0 bridgehead atoms. The highest BCUT2D eigenvalue weighted by Crippen LogP contribution is 2.08. The van der Waals surface area contributed by atoms with Gasteiger partial charge in [-0.3, -0.25) is 9.48 Å². The fourth-order valence-corrected chi connectivity index (χ4v) is 2.66. The average Bonchev–Trinajstić information content (AvgIpc) is 2.89. The first-order valence-corrected chi connectivity index (χ1v) is 8.23. The molecule has 0 fully saturated rings. The summed E-state index contributed by atoms with van der Waals surface area (Å²) in [6.45, 7) is 2.26. The Hall–Kier alpha value is -2.83. The molecule has 134 valence electrons. The Morgan fingerprint density at radius 3 is 2.60 bits per heavy atom. The van der Waals surface area contributed by atoms with Crippen molar-refractivity contribution in [2.24, 2.45) is 7.05 Å². The van der Waals surface area contributed by atoms with Crippen molar-refractivity contribution >= 4 is 12.0 Å². The van der Waals surface area contributed by atoms with Gasteiger partial charge in [-0.15, -0.1) is 0 Å². The maximum Gasteiger partial charge on any atom is 0.315 e. The fourth-order valence-electron chi connectivity index (χ4n) is 2.66. The molecule has 25 heavy (non-hydrogen) atoms. The normalized spacial score (nSPS) is 11.8. The number of hydrogen-bond acceptors (Lipinski definition) is 3. The third-order valence-corrected chi connectivity index (χ3v) is 3.90. The first kappa shape index (κ1) is 18.5. The Bertz CT molecular complexity index is 712. The summed E-state index contributed by atoms with van der Waals surface area (Å²) in [5, 5.41) is 18.8. The van der Waals surface area contributed by atoms with E-state index in [1.807, 2.05) is 50.4 Å². The first-order valence-electron chi connectivity index (χ1n) is 8.23. The summed E-state index contributed by atoms with van der Waals surface area (Å²) in [4.78, 5) is 23.0. The Morgan fingerprint density at radius 2 is 2.00 bits per heavy atom. The largest absolute Gasteiger partial charge is 0.481 e. The van der Waals surface area contributed by atoms with Crippen LogP contribution in [0.25, 0.3) is 0 Å². The van der Waals surface area contributed by atoms with Gasteiger partial charge in [0.05, 0.1) is 17.9 Å². The van der Waals surface area contributed by atoms with Crippen LogP contribution in [-0.2, 0) is 24.8 Å². The number of carboxylic acids is 1. The number of nitrogens with one attached hydrogen (secondary N) is 2. The lowest BCUT2D eigenvalue weighted by atomic mass is 10.0. The lowest BCUT2D eigenvalue weighted by Gasteiger charge is -2.18. The summed E-state index contributed by atoms with van der Waals surface area (Å²) in [6, 6.07) is 11.1. The fraction of sp³-hybridized carbons (Fsp3) is 0.389. The molecule has 0 aliphatic rings. The molecule has 2 amide bonds. The number of rotatable bonds is 8. The van der Waals surface area contributed by atoms with E-state index >= 15 is 0 Å². The number of aliphatic carboxylic acids is 1. The number of aromatic nitrogens is 2. The van der Waals surface area contributed by atoms with Gasteiger partial charge in [-0.2, -0.15) is 5.10 Å². The molecule has 0 saturated heterocycles. The smallest absolute Gasteiger partial charge is 0.315 e. The Kier molecular flexibility index (Phi) is 6.56. The molecule has 7 nitrogen and oxygen atoms in total. The number of hydrogen-bond donors (Lipinski definition) is 3. The highest BCUT2D eigenvalue weighted by atomic mass is 16.4. The minimum atomic E-state index is -0.870. The summed E-state index contributed by atoms with van der Waals surface area (Å²) >= 11 is 0. The summed E-state index contributed by atoms with van der Waals surface area (Å²) in [5.74, 6) is -0.870. The van der Waals surface area contributed by atoms with Crippen molar-refractivity contribution in [3.8, 4) is 0 Å². The predicted molar refractivity (Wildman–Crippen MR) is 94.1 cm³/mol. The van der Waals surface area contributed by atoms with Gasteiger partial charge in [0.25, 0.3) is 0 Å². The molecule has 1 atom stereocenters. The minimum absolute atomic E-state index is 0.0126. The summed E-state index contributed by atoms with van der Waals surface area (Å²) in [5.41, 5.74) is 2.85. The molecule has 2 aromatic rings. The monoisotopic (exact) mass is 344 g/mol. The SMILES string of the molecule is Cc1cc(CNC(=O)NC(CCC(=O)O)Cc2ccccc2)n(C)n1. The molecule has 3 N–H and O–H groups in total. The molecular weight excluding hydrogens is 320 g/mol. The van der Waals surface area contributed by atoms with Crippen LogP contribution in [0.5, 0.6) is 0 Å². The van der Waals surface area contributed by atoms with Crippen molar-refractivity contribution in [1.82, 2.24) is 20.4 Å². The molecule has 0 aliphatic carbocycles. The third kappa shape index (κ3) is 6.29. The zero-order valence-corrected chi connectivity index (χ0v) is 14.5. The maximum absolute atomic E-state index is 12.2. The highest BCUT2D eigenvalue weighted by molar-refractivity contribution is 5.74. The van der Waals surface area contributed by atoms with Crippen molar-refractivity contribution in [3.63, 3.8) is 0 Å². The molecule has 1 aromatic carbocycles. The lowest BCUT2D eigenvalue weighted by molar-refractivity contribution is -0.137. The van der Waals surface area contributed by atoms with E-state index < -0.39 is 5.97 Å². The Labute approximate surface area is 147 Å². The minimum Gasteiger partial charge on any atom is -0.481 e. The van der Waals surface area contributed by atoms with Crippen LogP contribution < -0.4 is 10.6 Å². The number of carbonyl (C=O) groups is 2. The zero-order valence-electron chi connectivity index (χ0n) is 14.5. The zero-order chi connectivity index (χ0) is 18.2. The second kappa shape index (κ2) is 8.86. The van der Waals surface area contributed by atoms with E-state index in [1.165, 1.54) is 0 Å². The van der Waals surface area contributed by atoms with Gasteiger partial charge < -0.3 is 15.7 Å². The van der Waals surface area contributed by atoms with Gasteiger partial charge in [0.15, 0.2) is 0 Å². The van der Waals surface area contributed by atoms with Crippen molar-refractivity contribution in [2.45, 2.75) is 38.8 Å². The summed E-state index contributed by atoms with van der Waals surface area (Å²) in [6.07, 6.45) is 0.980. The molecule has 2 rings (SSSR count). The lowest BCUT2D eigenvalue weighted by Crippen LogP contribution is -2.43. The first-order chi connectivity index (χ1) is 11.9. The van der Waals surface area contributed by atoms with Crippen LogP contribution >= 0.6 is 0 Å². The van der Waals surface area contributed by atoms with Gasteiger partial charge in [0.2, 0.25) is 0 Å². The van der Waals surface area contributed by atoms with Crippen molar-refractivity contribution in [1.29, 1.82) is 0 Å². The Balaban J connectivity index is 1.91. The summed E-state index contributed by atoms with van der Waals surface area (Å²) in [7, 11) is 1.83. The van der Waals surface area contributed by atoms with E-state index in [1.54, 1.807) is 4.68 Å². The molecule has 0 aliphatic heterocycles. The third-order valence-electron chi connectivity index (χ3n) is 3.90. The number of carbonyl (C=O) groups excluding carboxylic acids is 1. The standard InChI is InChI=1S/C18H24N4O3/c1-13-10-16(22(2)21-13)12-19-18(25)20-15(8-9-17(23)24)11-14-6-4-3-5-7-14/h3-7,10,15H,8-9,11-12H2,1-2H3,(H,23,24)(H2,19,20,25). The van der Waals surface area contributed by atoms with E-state index in [4.69, 9.17) is 5.11 Å². The van der Waals surface area contributed by atoms with Crippen LogP contribution in [-0.4, -0.2) is 32.9 Å². The van der Waals surface area contributed by atoms with Crippen LogP contribution in [0, 0.1) is 6.92 Å². The van der Waals surface area contributed by atoms with Gasteiger partial charge in [0.1, 0.15) is 0 Å². The van der Waals surface area contributed by atoms with Crippen molar-refractivity contribution in [2.75, 3.05) is 0 Å². The predicted octanol–water partition coefficient (Wildman–Crippen LogP) is 2.00. The van der Waals surface area contributed by atoms with Crippen molar-refractivity contribution < 1.29 is 14.7 Å². The van der Waals surface area contributed by atoms with Crippen LogP contribution in [0.1, 0.15) is 29.8 Å². The van der Waals surface area contributed by atoms with E-state index in [2.05, 4.69) is 15.7 Å². The van der Waals surface area contributed by atoms with Crippen LogP contribution in [0.2, 0.25) is 0 Å². The van der Waals surface area contributed by atoms with E-state index in [-0.39, 0.29) is 18.5 Å². The topological polar surface area (TPSA) is 96.3 Å². The molecular formula is C18H24N4O3. The molecule has 0 spiro atoms. The number of benzene rings is 1. The Morgan fingerprint density at radius 1 is 1.28 bits per heavy atom. The number of aryl methyl sites for hydroxylation is 2. The molecule has 1 heterocycles. The molecule has 1 unspecified atom stereocenters. The second-order valence-electron chi connectivity index (χ2n) is 6.05. The molecule has 0 saturated carbocycles. The quantitative estimate of drug-likeness (QED) is 0.682. The number of urea groups is 1. The van der Waals surface area contributed by atoms with E-state index in [0.717, 1.165) is 17.0 Å². The van der Waals surface area contributed by atoms with Crippen molar-refractivity contribution in [3.05, 3.63) is 53.3 Å². The van der Waals surface area contributed by atoms with Crippen LogP contribution in [0.4, 0.5) is 4.79 Å². The number of amides is 2. The second-order valence-corrected chi connectivity index (χ2v) is 6.05. The molecule has 1 aromatic heterocycles. The number of carboxylic acid groups (broad SMARTS) is 1. The average molecular weight is 344 g/mol. The van der Waals surface area contributed by atoms with Gasteiger partial charge in [-0.25, -0.2) is 4.79 Å². The van der Waals surface area contributed by atoms with E-state index in [0.29, 0.717) is 19.4 Å². The maximum atomic E-state index is 12.2. The van der Waals surface area contributed by atoms with Gasteiger partial charge in [-0.05, 0) is 31.4 Å². The van der Waals surface area contributed by atoms with Gasteiger partial charge in [0, 0.05) is 19.5 Å². The van der Waals surface area contributed by atoms with Crippen LogP contribution in [0.15, 0.2) is 36.4 Å². The highest BCUT2D eigenvalue weighted by Gasteiger charge is 2.15.